The molecule has 0 bridgehead atoms. The van der Waals surface area contributed by atoms with Crippen molar-refractivity contribution in [2.24, 2.45) is 0 Å². The summed E-state index contributed by atoms with van der Waals surface area (Å²) in [7, 11) is 0. The van der Waals surface area contributed by atoms with Gasteiger partial charge in [-0.3, -0.25) is 9.59 Å². The monoisotopic (exact) mass is 415 g/mol. The zero-order valence-electron chi connectivity index (χ0n) is 14.2. The molecule has 3 rings (SSSR count). The summed E-state index contributed by atoms with van der Waals surface area (Å²) in [6.45, 7) is 2.41. The first-order valence-electron chi connectivity index (χ1n) is 8.22. The molecule has 1 saturated heterocycles. The van der Waals surface area contributed by atoms with Crippen molar-refractivity contribution in [2.45, 2.75) is 13.3 Å². The van der Waals surface area contributed by atoms with Gasteiger partial charge in [-0.15, -0.1) is 0 Å². The van der Waals surface area contributed by atoms with Crippen LogP contribution in [0.25, 0.3) is 0 Å². The number of halogens is 1. The van der Waals surface area contributed by atoms with E-state index in [4.69, 9.17) is 0 Å². The van der Waals surface area contributed by atoms with E-state index in [9.17, 15) is 14.4 Å². The highest BCUT2D eigenvalue weighted by molar-refractivity contribution is 9.10. The van der Waals surface area contributed by atoms with E-state index in [0.717, 1.165) is 4.47 Å². The van der Waals surface area contributed by atoms with Gasteiger partial charge in [0.25, 0.3) is 5.91 Å². The van der Waals surface area contributed by atoms with Gasteiger partial charge in [-0.2, -0.15) is 0 Å². The predicted octanol–water partition coefficient (Wildman–Crippen LogP) is 3.95. The number of ketones is 1. The number of carbonyl (C=O) groups excluding carboxylic acids is 3. The number of Topliss-reactive ketones (excluding diaryl/α,β-unsaturated/α-hetero) is 1. The van der Waals surface area contributed by atoms with Crippen molar-refractivity contribution in [1.82, 2.24) is 10.0 Å². The molecule has 6 nitrogen and oxygen atoms in total. The molecule has 0 aliphatic carbocycles. The Hall–Kier alpha value is -2.67. The van der Waals surface area contributed by atoms with Gasteiger partial charge in [-0.1, -0.05) is 28.1 Å². The van der Waals surface area contributed by atoms with Crippen molar-refractivity contribution in [3.8, 4) is 0 Å². The molecule has 0 aromatic heterocycles. The van der Waals surface area contributed by atoms with Crippen LogP contribution in [0.1, 0.15) is 34.1 Å². The number of rotatable bonds is 3. The van der Waals surface area contributed by atoms with Crippen LogP contribution in [0.4, 0.5) is 10.5 Å². The Morgan fingerprint density at radius 2 is 1.65 bits per heavy atom. The number of benzene rings is 2. The minimum atomic E-state index is -0.395. The molecule has 2 aromatic rings. The van der Waals surface area contributed by atoms with E-state index in [1.165, 1.54) is 16.9 Å². The molecule has 3 amide bonds. The number of hydrazine groups is 1. The summed E-state index contributed by atoms with van der Waals surface area (Å²) >= 11 is 3.34. The minimum Gasteiger partial charge on any atom is -0.306 e. The number of hydrogen-bond acceptors (Lipinski definition) is 3. The molecule has 0 radical (unpaired) electrons. The first-order chi connectivity index (χ1) is 12.5. The molecule has 0 saturated carbocycles. The molecule has 26 heavy (non-hydrogen) atoms. The van der Waals surface area contributed by atoms with Gasteiger partial charge < -0.3 is 5.32 Å². The lowest BCUT2D eigenvalue weighted by Gasteiger charge is -2.28. The smallest absolute Gasteiger partial charge is 0.306 e. The Morgan fingerprint density at radius 3 is 2.35 bits per heavy atom. The lowest BCUT2D eigenvalue weighted by atomic mass is 10.1. The topological polar surface area (TPSA) is 69.7 Å². The Morgan fingerprint density at radius 1 is 0.962 bits per heavy atom. The molecular weight excluding hydrogens is 398 g/mol. The molecule has 0 unspecified atom stereocenters. The second kappa shape index (κ2) is 7.70. The zero-order chi connectivity index (χ0) is 18.7. The van der Waals surface area contributed by atoms with Crippen molar-refractivity contribution in [3.05, 3.63) is 64.1 Å². The normalized spacial score (nSPS) is 13.6. The van der Waals surface area contributed by atoms with Gasteiger partial charge in [0.15, 0.2) is 5.78 Å². The maximum Gasteiger partial charge on any atom is 0.340 e. The molecule has 1 aliphatic heterocycles. The van der Waals surface area contributed by atoms with Crippen LogP contribution >= 0.6 is 15.9 Å². The van der Waals surface area contributed by atoms with E-state index in [1.54, 1.807) is 48.5 Å². The maximum atomic E-state index is 12.7. The van der Waals surface area contributed by atoms with Crippen molar-refractivity contribution >= 4 is 39.3 Å². The Kier molecular flexibility index (Phi) is 5.37. The number of nitrogens with zero attached hydrogens (tertiary/aromatic N) is 2. The van der Waals surface area contributed by atoms with E-state index in [-0.39, 0.29) is 11.7 Å². The first kappa shape index (κ1) is 18.1. The third-order valence-electron chi connectivity index (χ3n) is 4.11. The van der Waals surface area contributed by atoms with Gasteiger partial charge in [0.1, 0.15) is 0 Å². The molecule has 134 valence electrons. The number of hydrogen-bond donors (Lipinski definition) is 1. The second-order valence-electron chi connectivity index (χ2n) is 5.98. The van der Waals surface area contributed by atoms with Crippen molar-refractivity contribution in [2.75, 3.05) is 18.4 Å². The predicted molar refractivity (Wildman–Crippen MR) is 102 cm³/mol. The summed E-state index contributed by atoms with van der Waals surface area (Å²) in [5.74, 6) is -0.294. The standard InChI is InChI=1S/C19H18BrN3O3/c1-13(24)15-4-2-5-17(12-15)21-19(26)23-11-3-10-22(23)18(25)14-6-8-16(20)9-7-14/h2,4-9,12H,3,10-11H2,1H3,(H,21,26). The summed E-state index contributed by atoms with van der Waals surface area (Å²) in [5.41, 5.74) is 1.56. The number of carbonyl (C=O) groups is 3. The Balaban J connectivity index is 1.74. The Bertz CT molecular complexity index is 851. The van der Waals surface area contributed by atoms with E-state index in [0.29, 0.717) is 36.3 Å². The van der Waals surface area contributed by atoms with Gasteiger partial charge in [0.05, 0.1) is 0 Å². The molecule has 1 aliphatic rings. The Labute approximate surface area is 159 Å². The fraction of sp³-hybridized carbons (Fsp3) is 0.211. The highest BCUT2D eigenvalue weighted by atomic mass is 79.9. The number of amides is 3. The molecule has 0 atom stereocenters. The van der Waals surface area contributed by atoms with Crippen LogP contribution in [0, 0.1) is 0 Å². The lowest BCUT2D eigenvalue weighted by molar-refractivity contribution is 0.0404. The highest BCUT2D eigenvalue weighted by Gasteiger charge is 2.31. The molecular formula is C19H18BrN3O3. The van der Waals surface area contributed by atoms with Gasteiger partial charge in [-0.25, -0.2) is 14.8 Å². The molecule has 0 spiro atoms. The third kappa shape index (κ3) is 3.94. The van der Waals surface area contributed by atoms with Crippen LogP contribution in [-0.4, -0.2) is 40.8 Å². The molecule has 7 heteroatoms. The van der Waals surface area contributed by atoms with Gasteiger partial charge >= 0.3 is 6.03 Å². The van der Waals surface area contributed by atoms with E-state index < -0.39 is 6.03 Å². The molecule has 2 aromatic carbocycles. The first-order valence-corrected chi connectivity index (χ1v) is 9.02. The fourth-order valence-corrected chi connectivity index (χ4v) is 3.04. The third-order valence-corrected chi connectivity index (χ3v) is 4.64. The van der Waals surface area contributed by atoms with Gasteiger partial charge in [0, 0.05) is 34.4 Å². The summed E-state index contributed by atoms with van der Waals surface area (Å²) in [6, 6.07) is 13.4. The maximum absolute atomic E-state index is 12.7. The van der Waals surface area contributed by atoms with Gasteiger partial charge in [0.2, 0.25) is 0 Å². The largest absolute Gasteiger partial charge is 0.340 e. The number of nitrogens with one attached hydrogen (secondary N) is 1. The summed E-state index contributed by atoms with van der Waals surface area (Å²) in [5, 5.41) is 5.62. The minimum absolute atomic E-state index is 0.0747. The van der Waals surface area contributed by atoms with Crippen LogP contribution in [-0.2, 0) is 0 Å². The molecule has 1 N–H and O–H groups in total. The molecule has 1 heterocycles. The van der Waals surface area contributed by atoms with Crippen LogP contribution in [0.3, 0.4) is 0 Å². The SMILES string of the molecule is CC(=O)c1cccc(NC(=O)N2CCCN2C(=O)c2ccc(Br)cc2)c1. The fourth-order valence-electron chi connectivity index (χ4n) is 2.78. The zero-order valence-corrected chi connectivity index (χ0v) is 15.8. The molecule has 1 fully saturated rings. The van der Waals surface area contributed by atoms with E-state index in [1.807, 2.05) is 0 Å². The van der Waals surface area contributed by atoms with Crippen molar-refractivity contribution in [1.29, 1.82) is 0 Å². The van der Waals surface area contributed by atoms with Crippen LogP contribution < -0.4 is 5.32 Å². The van der Waals surface area contributed by atoms with Crippen molar-refractivity contribution in [3.63, 3.8) is 0 Å². The van der Waals surface area contributed by atoms with E-state index in [2.05, 4.69) is 21.2 Å². The van der Waals surface area contributed by atoms with Crippen LogP contribution in [0.5, 0.6) is 0 Å². The number of anilines is 1. The van der Waals surface area contributed by atoms with Crippen LogP contribution in [0.2, 0.25) is 0 Å². The lowest BCUT2D eigenvalue weighted by Crippen LogP contribution is -2.46. The van der Waals surface area contributed by atoms with Crippen molar-refractivity contribution < 1.29 is 14.4 Å². The van der Waals surface area contributed by atoms with Gasteiger partial charge in [-0.05, 0) is 49.7 Å². The number of urea groups is 1. The highest BCUT2D eigenvalue weighted by Crippen LogP contribution is 2.19. The average Bonchev–Trinajstić information content (AvgIpc) is 3.12. The summed E-state index contributed by atoms with van der Waals surface area (Å²) in [4.78, 5) is 36.8. The average molecular weight is 416 g/mol. The summed E-state index contributed by atoms with van der Waals surface area (Å²) < 4.78 is 0.885. The van der Waals surface area contributed by atoms with Crippen LogP contribution in [0.15, 0.2) is 53.0 Å². The quantitative estimate of drug-likeness (QED) is 0.771. The van der Waals surface area contributed by atoms with E-state index >= 15 is 0 Å². The second-order valence-corrected chi connectivity index (χ2v) is 6.89. The summed E-state index contributed by atoms with van der Waals surface area (Å²) in [6.07, 6.45) is 0.711.